The third-order valence-electron chi connectivity index (χ3n) is 5.45. The Morgan fingerprint density at radius 3 is 2.67 bits per heavy atom. The maximum Gasteiger partial charge on any atom is 0.317 e. The van der Waals surface area contributed by atoms with Gasteiger partial charge >= 0.3 is 6.03 Å². The Kier molecular flexibility index (Phi) is 6.52. The van der Waals surface area contributed by atoms with E-state index in [1.807, 2.05) is 18.7 Å². The largest absolute Gasteiger partial charge is 0.352 e. The molecule has 2 aliphatic heterocycles. The van der Waals surface area contributed by atoms with Crippen molar-refractivity contribution in [3.63, 3.8) is 0 Å². The van der Waals surface area contributed by atoms with Gasteiger partial charge in [0.05, 0.1) is 11.4 Å². The summed E-state index contributed by atoms with van der Waals surface area (Å²) in [7, 11) is 0. The molecule has 0 unspecified atom stereocenters. The van der Waals surface area contributed by atoms with Crippen molar-refractivity contribution in [3.05, 3.63) is 17.6 Å². The number of nitrogens with one attached hydrogen (secondary N) is 1. The van der Waals surface area contributed by atoms with Gasteiger partial charge in [-0.1, -0.05) is 13.8 Å². The van der Waals surface area contributed by atoms with Gasteiger partial charge in [0.15, 0.2) is 0 Å². The average molecular weight is 375 g/mol. The van der Waals surface area contributed by atoms with Gasteiger partial charge in [-0.2, -0.15) is 0 Å². The molecule has 0 aromatic carbocycles. The highest BCUT2D eigenvalue weighted by Crippen LogP contribution is 2.18. The lowest BCUT2D eigenvalue weighted by Crippen LogP contribution is -2.52. The summed E-state index contributed by atoms with van der Waals surface area (Å²) in [6, 6.07) is 0.0732. The minimum atomic E-state index is 0.0732. The lowest BCUT2D eigenvalue weighted by atomic mass is 10.1. The molecule has 2 saturated heterocycles. The van der Waals surface area contributed by atoms with Crippen molar-refractivity contribution < 1.29 is 4.79 Å². The molecule has 1 N–H and O–H groups in total. The maximum absolute atomic E-state index is 12.5. The Bertz CT molecular complexity index is 641. The van der Waals surface area contributed by atoms with Crippen LogP contribution in [0.15, 0.2) is 6.20 Å². The second-order valence-electron chi connectivity index (χ2n) is 8.39. The Hall–Kier alpha value is -1.89. The zero-order chi connectivity index (χ0) is 19.4. The van der Waals surface area contributed by atoms with Crippen LogP contribution in [0.3, 0.4) is 0 Å². The van der Waals surface area contributed by atoms with Gasteiger partial charge < -0.3 is 20.0 Å². The van der Waals surface area contributed by atoms with Crippen molar-refractivity contribution in [2.75, 3.05) is 57.3 Å². The fraction of sp³-hybridized carbons (Fsp3) is 0.750. The van der Waals surface area contributed by atoms with Crippen LogP contribution in [-0.2, 0) is 0 Å². The zero-order valence-corrected chi connectivity index (χ0v) is 17.2. The highest BCUT2D eigenvalue weighted by Gasteiger charge is 2.26. The highest BCUT2D eigenvalue weighted by atomic mass is 16.2. The summed E-state index contributed by atoms with van der Waals surface area (Å²) in [6.07, 6.45) is 2.99. The van der Waals surface area contributed by atoms with Crippen molar-refractivity contribution in [2.45, 2.75) is 34.1 Å². The van der Waals surface area contributed by atoms with E-state index < -0.39 is 0 Å². The van der Waals surface area contributed by atoms with Gasteiger partial charge in [-0.3, -0.25) is 4.98 Å². The molecule has 7 heteroatoms. The summed E-state index contributed by atoms with van der Waals surface area (Å²) in [4.78, 5) is 28.2. The lowest BCUT2D eigenvalue weighted by Gasteiger charge is -2.36. The Morgan fingerprint density at radius 1 is 1.22 bits per heavy atom. The molecule has 0 radical (unpaired) electrons. The summed E-state index contributed by atoms with van der Waals surface area (Å²) in [6.45, 7) is 15.8. The number of piperazine rings is 1. The normalized spacial score (nSPS) is 21.1. The first kappa shape index (κ1) is 19.9. The number of likely N-dealkylation sites (tertiary alicyclic amines) is 1. The molecule has 150 valence electrons. The van der Waals surface area contributed by atoms with Gasteiger partial charge in [0.2, 0.25) is 0 Å². The number of carbonyl (C=O) groups excluding carboxylic acids is 1. The van der Waals surface area contributed by atoms with Crippen LogP contribution in [-0.4, -0.2) is 78.2 Å². The summed E-state index contributed by atoms with van der Waals surface area (Å²) >= 11 is 0. The second-order valence-corrected chi connectivity index (χ2v) is 8.39. The smallest absolute Gasteiger partial charge is 0.317 e. The number of hydrogen-bond donors (Lipinski definition) is 1. The summed E-state index contributed by atoms with van der Waals surface area (Å²) in [5.41, 5.74) is 1.88. The van der Waals surface area contributed by atoms with E-state index in [-0.39, 0.29) is 6.03 Å². The molecule has 3 rings (SSSR count). The van der Waals surface area contributed by atoms with E-state index in [0.717, 1.165) is 69.6 Å². The van der Waals surface area contributed by atoms with E-state index in [1.54, 1.807) is 6.20 Å². The van der Waals surface area contributed by atoms with E-state index in [9.17, 15) is 4.79 Å². The van der Waals surface area contributed by atoms with Crippen LogP contribution in [0.25, 0.3) is 0 Å². The molecule has 3 heterocycles. The standard InChI is InChI=1S/C20H34N6O/c1-15(2)13-24-6-5-18(14-24)12-22-20(27)26-9-7-25(8-10-26)19-17(4)21-11-16(3)23-19/h11,15,18H,5-10,12-14H2,1-4H3,(H,22,27)/t18-/m1/s1. The topological polar surface area (TPSA) is 64.6 Å². The van der Waals surface area contributed by atoms with Crippen molar-refractivity contribution in [3.8, 4) is 0 Å². The number of carbonyl (C=O) groups is 1. The molecule has 0 aliphatic carbocycles. The van der Waals surface area contributed by atoms with Crippen LogP contribution in [0.2, 0.25) is 0 Å². The van der Waals surface area contributed by atoms with Crippen LogP contribution in [0.5, 0.6) is 0 Å². The number of nitrogens with zero attached hydrogens (tertiary/aromatic N) is 5. The van der Waals surface area contributed by atoms with E-state index in [2.05, 4.69) is 38.9 Å². The SMILES string of the molecule is Cc1cnc(C)c(N2CCN(C(=O)NC[C@H]3CCN(CC(C)C)C3)CC2)n1. The molecular formula is C20H34N6O. The molecule has 0 bridgehead atoms. The Labute approximate surface area is 163 Å². The van der Waals surface area contributed by atoms with E-state index in [1.165, 1.54) is 6.42 Å². The van der Waals surface area contributed by atoms with Gasteiger partial charge in [-0.25, -0.2) is 9.78 Å². The van der Waals surface area contributed by atoms with Gasteiger partial charge in [0.25, 0.3) is 0 Å². The van der Waals surface area contributed by atoms with E-state index in [4.69, 9.17) is 0 Å². The number of aryl methyl sites for hydroxylation is 2. The predicted octanol–water partition coefficient (Wildman–Crippen LogP) is 1.90. The zero-order valence-electron chi connectivity index (χ0n) is 17.2. The summed E-state index contributed by atoms with van der Waals surface area (Å²) < 4.78 is 0. The number of aromatic nitrogens is 2. The van der Waals surface area contributed by atoms with Crippen molar-refractivity contribution in [1.29, 1.82) is 0 Å². The van der Waals surface area contributed by atoms with E-state index >= 15 is 0 Å². The number of rotatable bonds is 5. The number of amides is 2. The van der Waals surface area contributed by atoms with Crippen LogP contribution in [0.1, 0.15) is 31.7 Å². The highest BCUT2D eigenvalue weighted by molar-refractivity contribution is 5.74. The van der Waals surface area contributed by atoms with Crippen LogP contribution >= 0.6 is 0 Å². The molecule has 2 amide bonds. The monoisotopic (exact) mass is 374 g/mol. The Morgan fingerprint density at radius 2 is 1.96 bits per heavy atom. The molecule has 0 saturated carbocycles. The minimum absolute atomic E-state index is 0.0732. The summed E-state index contributed by atoms with van der Waals surface area (Å²) in [5, 5.41) is 3.16. The first-order chi connectivity index (χ1) is 12.9. The van der Waals surface area contributed by atoms with Gasteiger partial charge in [-0.05, 0) is 38.6 Å². The number of anilines is 1. The second kappa shape index (κ2) is 8.87. The number of hydrogen-bond acceptors (Lipinski definition) is 5. The third-order valence-corrected chi connectivity index (χ3v) is 5.45. The molecule has 1 aromatic heterocycles. The molecule has 7 nitrogen and oxygen atoms in total. The predicted molar refractivity (Wildman–Crippen MR) is 108 cm³/mol. The van der Waals surface area contributed by atoms with Crippen LogP contribution in [0, 0.1) is 25.7 Å². The molecule has 0 spiro atoms. The van der Waals surface area contributed by atoms with Gasteiger partial charge in [-0.15, -0.1) is 0 Å². The van der Waals surface area contributed by atoms with Crippen LogP contribution < -0.4 is 10.2 Å². The quantitative estimate of drug-likeness (QED) is 0.853. The fourth-order valence-electron chi connectivity index (χ4n) is 4.05. The van der Waals surface area contributed by atoms with Crippen LogP contribution in [0.4, 0.5) is 10.6 Å². The first-order valence-corrected chi connectivity index (χ1v) is 10.2. The van der Waals surface area contributed by atoms with E-state index in [0.29, 0.717) is 11.8 Å². The maximum atomic E-state index is 12.5. The lowest BCUT2D eigenvalue weighted by molar-refractivity contribution is 0.192. The summed E-state index contributed by atoms with van der Waals surface area (Å²) in [5.74, 6) is 2.24. The molecule has 2 aliphatic rings. The van der Waals surface area contributed by atoms with Gasteiger partial charge in [0, 0.05) is 52.0 Å². The molecular weight excluding hydrogens is 340 g/mol. The Balaban J connectivity index is 1.42. The average Bonchev–Trinajstić information content (AvgIpc) is 3.08. The molecule has 27 heavy (non-hydrogen) atoms. The minimum Gasteiger partial charge on any atom is -0.352 e. The number of urea groups is 1. The van der Waals surface area contributed by atoms with Crippen molar-refractivity contribution in [2.24, 2.45) is 11.8 Å². The molecule has 2 fully saturated rings. The molecule has 1 aromatic rings. The van der Waals surface area contributed by atoms with Crippen molar-refractivity contribution >= 4 is 11.8 Å². The first-order valence-electron chi connectivity index (χ1n) is 10.2. The third kappa shape index (κ3) is 5.31. The van der Waals surface area contributed by atoms with Gasteiger partial charge in [0.1, 0.15) is 5.82 Å². The van der Waals surface area contributed by atoms with Crippen molar-refractivity contribution in [1.82, 2.24) is 25.1 Å². The molecule has 1 atom stereocenters. The fourth-order valence-corrected chi connectivity index (χ4v) is 4.05.